The molecular weight excluding hydrogens is 210 g/mol. The Morgan fingerprint density at radius 2 is 2.00 bits per heavy atom. The first-order valence-corrected chi connectivity index (χ1v) is 3.83. The molecule has 9 nitrogen and oxygen atoms in total. The van der Waals surface area contributed by atoms with Gasteiger partial charge in [-0.15, -0.1) is 0 Å². The van der Waals surface area contributed by atoms with Gasteiger partial charge in [-0.1, -0.05) is 0 Å². The van der Waals surface area contributed by atoms with Crippen LogP contribution in [0.1, 0.15) is 0 Å². The molecule has 0 saturated heterocycles. The van der Waals surface area contributed by atoms with Crippen molar-refractivity contribution in [2.45, 2.75) is 24.0 Å². The molecule has 0 aromatic heterocycles. The predicted molar refractivity (Wildman–Crippen MR) is 45.3 cm³/mol. The molecule has 15 heavy (non-hydrogen) atoms. The molecule has 0 aliphatic heterocycles. The highest BCUT2D eigenvalue weighted by molar-refractivity contribution is 5.62. The fourth-order valence-corrected chi connectivity index (χ4v) is 0.794. The molecule has 0 spiro atoms. The average molecular weight is 221 g/mol. The van der Waals surface area contributed by atoms with Crippen LogP contribution in [0.15, 0.2) is 5.11 Å². The molecule has 0 fully saturated rings. The summed E-state index contributed by atoms with van der Waals surface area (Å²) in [7, 11) is 0. The van der Waals surface area contributed by atoms with Crippen LogP contribution in [0, 0.1) is 0 Å². The minimum atomic E-state index is -2.88. The molecule has 0 aromatic carbocycles. The second-order valence-corrected chi connectivity index (χ2v) is 2.78. The molecule has 0 aliphatic rings. The number of aliphatic hydroxyl groups is 5. The molecule has 0 aliphatic carbocycles. The monoisotopic (exact) mass is 221 g/mol. The van der Waals surface area contributed by atoms with Gasteiger partial charge in [0.05, 0.1) is 6.61 Å². The van der Waals surface area contributed by atoms with Gasteiger partial charge in [0.15, 0.2) is 6.29 Å². The summed E-state index contributed by atoms with van der Waals surface area (Å²) in [6.07, 6.45) is -6.34. The van der Waals surface area contributed by atoms with Crippen molar-refractivity contribution in [3.63, 3.8) is 0 Å². The molecule has 0 bridgehead atoms. The second kappa shape index (κ2) is 5.61. The van der Waals surface area contributed by atoms with Crippen LogP contribution in [0.25, 0.3) is 10.4 Å². The van der Waals surface area contributed by atoms with Gasteiger partial charge in [0, 0.05) is 4.91 Å². The van der Waals surface area contributed by atoms with E-state index in [1.54, 1.807) is 0 Å². The SMILES string of the molecule is [N-]=[N+]=N[C@](O)(C=O)[C@@H](O)[C@@H](O)[C@H](O)CO. The van der Waals surface area contributed by atoms with Gasteiger partial charge in [-0.3, -0.25) is 4.79 Å². The van der Waals surface area contributed by atoms with Crippen LogP contribution >= 0.6 is 0 Å². The maximum Gasteiger partial charge on any atom is 0.227 e. The maximum absolute atomic E-state index is 10.3. The summed E-state index contributed by atoms with van der Waals surface area (Å²) in [6.45, 7) is -0.899. The van der Waals surface area contributed by atoms with Crippen LogP contribution in [0.4, 0.5) is 0 Å². The summed E-state index contributed by atoms with van der Waals surface area (Å²) < 4.78 is 0. The van der Waals surface area contributed by atoms with Crippen molar-refractivity contribution in [1.29, 1.82) is 0 Å². The number of azide groups is 1. The number of nitrogens with zero attached hydrogens (tertiary/aromatic N) is 3. The molecule has 5 N–H and O–H groups in total. The molecule has 0 heterocycles. The van der Waals surface area contributed by atoms with Crippen molar-refractivity contribution >= 4 is 6.29 Å². The molecule has 0 unspecified atom stereocenters. The van der Waals surface area contributed by atoms with Crippen LogP contribution in [0.5, 0.6) is 0 Å². The average Bonchev–Trinajstić information content (AvgIpc) is 2.26. The van der Waals surface area contributed by atoms with Gasteiger partial charge >= 0.3 is 0 Å². The zero-order valence-electron chi connectivity index (χ0n) is 7.50. The molecule has 0 rings (SSSR count). The highest BCUT2D eigenvalue weighted by Crippen LogP contribution is 2.15. The summed E-state index contributed by atoms with van der Waals surface area (Å²) in [5, 5.41) is 47.4. The van der Waals surface area contributed by atoms with Crippen molar-refractivity contribution in [3.8, 4) is 0 Å². The Morgan fingerprint density at radius 3 is 2.33 bits per heavy atom. The third kappa shape index (κ3) is 3.13. The normalized spacial score (nSPS) is 20.6. The van der Waals surface area contributed by atoms with Crippen LogP contribution in [-0.4, -0.2) is 62.5 Å². The minimum Gasteiger partial charge on any atom is -0.394 e. The lowest BCUT2D eigenvalue weighted by atomic mass is 10.00. The van der Waals surface area contributed by atoms with E-state index in [0.29, 0.717) is 0 Å². The highest BCUT2D eigenvalue weighted by atomic mass is 16.4. The molecule has 4 atom stereocenters. The van der Waals surface area contributed by atoms with E-state index in [-0.39, 0.29) is 6.29 Å². The molecule has 0 radical (unpaired) electrons. The van der Waals surface area contributed by atoms with E-state index < -0.39 is 30.6 Å². The van der Waals surface area contributed by atoms with E-state index in [1.165, 1.54) is 0 Å². The zero-order chi connectivity index (χ0) is 12.1. The van der Waals surface area contributed by atoms with E-state index in [4.69, 9.17) is 20.9 Å². The summed E-state index contributed by atoms with van der Waals surface area (Å²) >= 11 is 0. The van der Waals surface area contributed by atoms with Gasteiger partial charge in [0.1, 0.15) is 18.3 Å². The van der Waals surface area contributed by atoms with Crippen LogP contribution in [-0.2, 0) is 4.79 Å². The lowest BCUT2D eigenvalue weighted by molar-refractivity contribution is -0.162. The fourth-order valence-electron chi connectivity index (χ4n) is 0.794. The molecule has 0 amide bonds. The topological polar surface area (TPSA) is 167 Å². The predicted octanol–water partition coefficient (Wildman–Crippen LogP) is -2.74. The second-order valence-electron chi connectivity index (χ2n) is 2.78. The van der Waals surface area contributed by atoms with Gasteiger partial charge in [0.25, 0.3) is 0 Å². The van der Waals surface area contributed by atoms with Gasteiger partial charge in [0.2, 0.25) is 5.72 Å². The van der Waals surface area contributed by atoms with E-state index in [0.717, 1.165) is 0 Å². The third-order valence-electron chi connectivity index (χ3n) is 1.72. The van der Waals surface area contributed by atoms with Crippen molar-refractivity contribution in [2.24, 2.45) is 5.11 Å². The number of aldehydes is 1. The molecule has 9 heteroatoms. The van der Waals surface area contributed by atoms with E-state index in [9.17, 15) is 15.0 Å². The van der Waals surface area contributed by atoms with Crippen molar-refractivity contribution < 1.29 is 30.3 Å². The molecule has 86 valence electrons. The Bertz CT molecular complexity index is 268. The van der Waals surface area contributed by atoms with Crippen molar-refractivity contribution in [1.82, 2.24) is 0 Å². The first-order valence-electron chi connectivity index (χ1n) is 3.83. The number of aliphatic hydroxyl groups excluding tert-OH is 4. The summed E-state index contributed by atoms with van der Waals surface area (Å²) in [4.78, 5) is 12.4. The van der Waals surface area contributed by atoms with E-state index in [2.05, 4.69) is 10.0 Å². The summed E-state index contributed by atoms with van der Waals surface area (Å²) in [5.74, 6) is 0. The zero-order valence-corrected chi connectivity index (χ0v) is 7.50. The number of rotatable bonds is 6. The Morgan fingerprint density at radius 1 is 1.47 bits per heavy atom. The van der Waals surface area contributed by atoms with Crippen molar-refractivity contribution in [3.05, 3.63) is 10.4 Å². The quantitative estimate of drug-likeness (QED) is 0.141. The Balaban J connectivity index is 4.86. The van der Waals surface area contributed by atoms with E-state index >= 15 is 0 Å². The smallest absolute Gasteiger partial charge is 0.227 e. The van der Waals surface area contributed by atoms with Gasteiger partial charge in [-0.05, 0) is 10.6 Å². The van der Waals surface area contributed by atoms with Crippen LogP contribution in [0.3, 0.4) is 0 Å². The number of carbonyl (C=O) groups is 1. The van der Waals surface area contributed by atoms with Gasteiger partial charge in [-0.2, -0.15) is 0 Å². The number of hydrogen-bond acceptors (Lipinski definition) is 7. The van der Waals surface area contributed by atoms with Gasteiger partial charge in [-0.25, -0.2) is 0 Å². The lowest BCUT2D eigenvalue weighted by Crippen LogP contribution is -2.53. The number of hydrogen-bond donors (Lipinski definition) is 5. The molecule has 0 saturated carbocycles. The first kappa shape index (κ1) is 13.8. The largest absolute Gasteiger partial charge is 0.394 e. The Hall–Kier alpha value is -1.22. The highest BCUT2D eigenvalue weighted by Gasteiger charge is 2.42. The van der Waals surface area contributed by atoms with E-state index in [1.807, 2.05) is 0 Å². The summed E-state index contributed by atoms with van der Waals surface area (Å²) in [5.41, 5.74) is 5.11. The fraction of sp³-hybridized carbons (Fsp3) is 0.833. The van der Waals surface area contributed by atoms with Crippen LogP contribution < -0.4 is 0 Å². The van der Waals surface area contributed by atoms with Crippen LogP contribution in [0.2, 0.25) is 0 Å². The van der Waals surface area contributed by atoms with Crippen molar-refractivity contribution in [2.75, 3.05) is 6.61 Å². The molecular formula is C6H11N3O6. The minimum absolute atomic E-state index is 0.287. The summed E-state index contributed by atoms with van der Waals surface area (Å²) in [6, 6.07) is 0. The standard InChI is InChI=1S/C6H11N3O6/c7-9-8-6(15,2-11)5(14)4(13)3(12)1-10/h2-5,10,12-15H,1H2/t3-,4+,5+,6+/m1/s1. The lowest BCUT2D eigenvalue weighted by Gasteiger charge is -2.28. The Labute approximate surface area is 83.8 Å². The third-order valence-corrected chi connectivity index (χ3v) is 1.72. The number of carbonyl (C=O) groups excluding carboxylic acids is 1. The van der Waals surface area contributed by atoms with Gasteiger partial charge < -0.3 is 25.5 Å². The molecule has 0 aromatic rings. The maximum atomic E-state index is 10.3. The Kier molecular flexibility index (Phi) is 5.15. The first-order chi connectivity index (χ1) is 6.92.